The predicted octanol–water partition coefficient (Wildman–Crippen LogP) is 3.44. The number of benzene rings is 2. The molecule has 2 aliphatic heterocycles. The summed E-state index contributed by atoms with van der Waals surface area (Å²) in [5, 5.41) is 0.783. The van der Waals surface area contributed by atoms with Gasteiger partial charge in [0, 0.05) is 43.8 Å². The molecule has 0 aliphatic carbocycles. The summed E-state index contributed by atoms with van der Waals surface area (Å²) in [6, 6.07) is 15.6. The lowest BCUT2D eigenvalue weighted by Crippen LogP contribution is -2.51. The number of piperidine rings is 1. The van der Waals surface area contributed by atoms with Crippen LogP contribution in [-0.2, 0) is 11.2 Å². The molecule has 1 saturated heterocycles. The van der Waals surface area contributed by atoms with Gasteiger partial charge in [0.1, 0.15) is 28.3 Å². The Bertz CT molecular complexity index is 1210. The van der Waals surface area contributed by atoms with Crippen LogP contribution in [0.2, 0.25) is 0 Å². The van der Waals surface area contributed by atoms with Gasteiger partial charge in [0.2, 0.25) is 0 Å². The number of ether oxygens (including phenoxy) is 3. The van der Waals surface area contributed by atoms with Crippen molar-refractivity contribution in [2.45, 2.75) is 24.9 Å². The molecule has 1 fully saturated rings. The maximum atomic E-state index is 13.3. The number of esters is 1. The van der Waals surface area contributed by atoms with Crippen molar-refractivity contribution >= 4 is 22.8 Å². The number of hydrogen-bond acceptors (Lipinski definition) is 6. The molecule has 1 amide bonds. The first kappa shape index (κ1) is 20.3. The molecule has 163 valence electrons. The second kappa shape index (κ2) is 7.82. The van der Waals surface area contributed by atoms with Gasteiger partial charge < -0.3 is 19.1 Å². The highest BCUT2D eigenvalue weighted by molar-refractivity contribution is 5.98. The summed E-state index contributed by atoms with van der Waals surface area (Å²) in [5.74, 6) is 0.664. The first-order chi connectivity index (χ1) is 15.5. The third kappa shape index (κ3) is 3.34. The monoisotopic (exact) mass is 431 g/mol. The lowest BCUT2D eigenvalue weighted by atomic mass is 9.81. The summed E-state index contributed by atoms with van der Waals surface area (Å²) in [6.45, 7) is 0.961. The van der Waals surface area contributed by atoms with Crippen LogP contribution >= 0.6 is 0 Å². The molecule has 32 heavy (non-hydrogen) atoms. The molecular formula is C25H23N2O5. The van der Waals surface area contributed by atoms with Gasteiger partial charge in [-0.15, -0.1) is 0 Å². The van der Waals surface area contributed by atoms with E-state index in [-0.39, 0.29) is 11.9 Å². The number of carbonyl (C=O) groups excluding carboxylic acids is 2. The van der Waals surface area contributed by atoms with Gasteiger partial charge in [-0.1, -0.05) is 18.2 Å². The van der Waals surface area contributed by atoms with E-state index in [1.165, 1.54) is 0 Å². The summed E-state index contributed by atoms with van der Waals surface area (Å²) in [5.41, 5.74) is 1.88. The lowest BCUT2D eigenvalue weighted by molar-refractivity contribution is -0.0527. The van der Waals surface area contributed by atoms with Gasteiger partial charge in [-0.05, 0) is 29.8 Å². The Morgan fingerprint density at radius 1 is 1.16 bits per heavy atom. The molecule has 0 atom stereocenters. The van der Waals surface area contributed by atoms with Crippen molar-refractivity contribution < 1.29 is 23.8 Å². The summed E-state index contributed by atoms with van der Waals surface area (Å²) < 4.78 is 16.8. The van der Waals surface area contributed by atoms with E-state index in [1.807, 2.05) is 24.3 Å². The molecule has 2 aromatic carbocycles. The molecule has 2 aliphatic rings. The van der Waals surface area contributed by atoms with E-state index in [1.54, 1.807) is 37.3 Å². The van der Waals surface area contributed by atoms with Crippen molar-refractivity contribution in [1.29, 1.82) is 0 Å². The average Bonchev–Trinajstić information content (AvgIpc) is 2.83. The summed E-state index contributed by atoms with van der Waals surface area (Å²) in [7, 11) is 3.14. The normalized spacial score (nSPS) is 17.1. The Labute approximate surface area is 185 Å². The molecule has 5 rings (SSSR count). The topological polar surface area (TPSA) is 78.0 Å². The zero-order chi connectivity index (χ0) is 22.3. The fourth-order valence-corrected chi connectivity index (χ4v) is 4.63. The zero-order valence-corrected chi connectivity index (χ0v) is 18.0. The number of fused-ring (bicyclic) bond motifs is 2. The molecule has 3 aromatic rings. The van der Waals surface area contributed by atoms with Gasteiger partial charge in [-0.3, -0.25) is 4.79 Å². The molecule has 1 radical (unpaired) electrons. The Morgan fingerprint density at radius 3 is 2.69 bits per heavy atom. The quantitative estimate of drug-likeness (QED) is 0.592. The highest BCUT2D eigenvalue weighted by atomic mass is 16.6. The predicted molar refractivity (Wildman–Crippen MR) is 117 cm³/mol. The molecule has 0 saturated carbocycles. The van der Waals surface area contributed by atoms with Crippen LogP contribution in [-0.4, -0.2) is 54.7 Å². The minimum absolute atomic E-state index is 0.178. The van der Waals surface area contributed by atoms with Crippen LogP contribution in [0.1, 0.15) is 39.3 Å². The van der Waals surface area contributed by atoms with Gasteiger partial charge in [-0.2, -0.15) is 0 Å². The lowest BCUT2D eigenvalue weighted by Gasteiger charge is -2.43. The first-order valence-corrected chi connectivity index (χ1v) is 10.6. The number of para-hydroxylation sites is 1. The Kier molecular flexibility index (Phi) is 4.96. The van der Waals surface area contributed by atoms with E-state index < -0.39 is 5.60 Å². The SMILES string of the molecule is COc1cc(C(=O)N2CCC3(CC2)Cc2cc[c]cc2C(=O)O3)nc2c(OC)cccc12. The average molecular weight is 431 g/mol. The van der Waals surface area contributed by atoms with Gasteiger partial charge in [0.15, 0.2) is 0 Å². The number of likely N-dealkylation sites (tertiary alicyclic amines) is 1. The molecule has 1 aromatic heterocycles. The standard InChI is InChI=1S/C25H23N2O5/c1-30-20-9-5-8-18-21(31-2)14-19(26-22(18)20)23(28)27-12-10-25(11-13-27)15-16-6-3-4-7-17(16)24(29)32-25/h3,5-9,14H,10-13,15H2,1-2H3. The second-order valence-corrected chi connectivity index (χ2v) is 8.19. The van der Waals surface area contributed by atoms with Crippen LogP contribution in [0.25, 0.3) is 10.9 Å². The minimum atomic E-state index is -0.570. The fraction of sp³-hybridized carbons (Fsp3) is 0.320. The number of aromatic nitrogens is 1. The minimum Gasteiger partial charge on any atom is -0.496 e. The van der Waals surface area contributed by atoms with Gasteiger partial charge >= 0.3 is 5.97 Å². The molecule has 0 unspecified atom stereocenters. The number of pyridine rings is 1. The summed E-state index contributed by atoms with van der Waals surface area (Å²) in [6.07, 6.45) is 1.82. The maximum Gasteiger partial charge on any atom is 0.338 e. The Hall–Kier alpha value is -3.61. The van der Waals surface area contributed by atoms with Crippen molar-refractivity contribution in [3.63, 3.8) is 0 Å². The second-order valence-electron chi connectivity index (χ2n) is 8.19. The number of hydrogen-bond donors (Lipinski definition) is 0. The zero-order valence-electron chi connectivity index (χ0n) is 18.0. The van der Waals surface area contributed by atoms with Crippen LogP contribution in [0.5, 0.6) is 11.5 Å². The van der Waals surface area contributed by atoms with Gasteiger partial charge in [0.05, 0.1) is 19.8 Å². The molecule has 7 heteroatoms. The van der Waals surface area contributed by atoms with Crippen LogP contribution in [0.3, 0.4) is 0 Å². The van der Waals surface area contributed by atoms with Crippen molar-refractivity contribution in [2.75, 3.05) is 27.3 Å². The van der Waals surface area contributed by atoms with Crippen molar-refractivity contribution in [3.8, 4) is 11.5 Å². The molecule has 0 bridgehead atoms. The summed E-state index contributed by atoms with van der Waals surface area (Å²) >= 11 is 0. The van der Waals surface area contributed by atoms with Crippen LogP contribution in [0.15, 0.2) is 42.5 Å². The number of amides is 1. The van der Waals surface area contributed by atoms with E-state index in [4.69, 9.17) is 14.2 Å². The highest BCUT2D eigenvalue weighted by Gasteiger charge is 2.43. The largest absolute Gasteiger partial charge is 0.496 e. The third-order valence-corrected chi connectivity index (χ3v) is 6.38. The van der Waals surface area contributed by atoms with Crippen LogP contribution in [0, 0.1) is 6.07 Å². The Balaban J connectivity index is 1.38. The molecule has 1 spiro atoms. The highest BCUT2D eigenvalue weighted by Crippen LogP contribution is 2.37. The van der Waals surface area contributed by atoms with E-state index in [0.29, 0.717) is 60.6 Å². The van der Waals surface area contributed by atoms with E-state index in [0.717, 1.165) is 10.9 Å². The third-order valence-electron chi connectivity index (χ3n) is 6.38. The maximum absolute atomic E-state index is 13.3. The van der Waals surface area contributed by atoms with Gasteiger partial charge in [0.25, 0.3) is 5.91 Å². The molecule has 3 heterocycles. The number of methoxy groups -OCH3 is 2. The van der Waals surface area contributed by atoms with Crippen molar-refractivity contribution in [1.82, 2.24) is 9.88 Å². The van der Waals surface area contributed by atoms with Crippen molar-refractivity contribution in [2.24, 2.45) is 0 Å². The van der Waals surface area contributed by atoms with Crippen molar-refractivity contribution in [3.05, 3.63) is 65.4 Å². The number of nitrogens with zero attached hydrogens (tertiary/aromatic N) is 2. The number of carbonyl (C=O) groups is 2. The first-order valence-electron chi connectivity index (χ1n) is 10.6. The van der Waals surface area contributed by atoms with Gasteiger partial charge in [-0.25, -0.2) is 9.78 Å². The smallest absolute Gasteiger partial charge is 0.338 e. The number of rotatable bonds is 3. The molecule has 0 N–H and O–H groups in total. The van der Waals surface area contributed by atoms with E-state index in [9.17, 15) is 9.59 Å². The fourth-order valence-electron chi connectivity index (χ4n) is 4.63. The molecule has 7 nitrogen and oxygen atoms in total. The van der Waals surface area contributed by atoms with Crippen LogP contribution in [0.4, 0.5) is 0 Å². The Morgan fingerprint density at radius 2 is 1.94 bits per heavy atom. The van der Waals surface area contributed by atoms with E-state index >= 15 is 0 Å². The molecular weight excluding hydrogens is 408 g/mol. The summed E-state index contributed by atoms with van der Waals surface area (Å²) in [4.78, 5) is 32.1. The van der Waals surface area contributed by atoms with Crippen LogP contribution < -0.4 is 9.47 Å². The van der Waals surface area contributed by atoms with E-state index in [2.05, 4.69) is 11.1 Å².